The number of hydrogen-bond donors (Lipinski definition) is 2. The summed E-state index contributed by atoms with van der Waals surface area (Å²) in [7, 11) is 4.65. The summed E-state index contributed by atoms with van der Waals surface area (Å²) < 4.78 is 16.2. The summed E-state index contributed by atoms with van der Waals surface area (Å²) in [4.78, 5) is 11.3. The molecular formula is C22H22O6. The van der Waals surface area contributed by atoms with Crippen molar-refractivity contribution in [3.63, 3.8) is 0 Å². The summed E-state index contributed by atoms with van der Waals surface area (Å²) in [5.41, 5.74) is 4.87. The second kappa shape index (κ2) is 7.68. The molecule has 0 saturated carbocycles. The molecule has 1 aliphatic carbocycles. The molecule has 1 aliphatic rings. The second-order valence-electron chi connectivity index (χ2n) is 6.42. The highest BCUT2D eigenvalue weighted by atomic mass is 16.5. The van der Waals surface area contributed by atoms with E-state index in [2.05, 4.69) is 0 Å². The maximum Gasteiger partial charge on any atom is 0.307 e. The molecule has 0 saturated heterocycles. The predicted molar refractivity (Wildman–Crippen MR) is 107 cm³/mol. The van der Waals surface area contributed by atoms with Gasteiger partial charge in [-0.15, -0.1) is 0 Å². The molecule has 146 valence electrons. The number of hydrogen-bond acceptors (Lipinski definition) is 5. The number of benzene rings is 2. The van der Waals surface area contributed by atoms with Gasteiger partial charge in [0.15, 0.2) is 11.5 Å². The van der Waals surface area contributed by atoms with E-state index in [9.17, 15) is 15.0 Å². The van der Waals surface area contributed by atoms with Gasteiger partial charge in [-0.2, -0.15) is 0 Å². The van der Waals surface area contributed by atoms with Crippen LogP contribution in [0, 0.1) is 0 Å². The highest BCUT2D eigenvalue weighted by molar-refractivity contribution is 6.07. The summed E-state index contributed by atoms with van der Waals surface area (Å²) in [6.45, 7) is 1.89. The average molecular weight is 382 g/mol. The molecule has 0 atom stereocenters. The molecule has 2 aromatic carbocycles. The van der Waals surface area contributed by atoms with Crippen LogP contribution in [0.2, 0.25) is 0 Å². The minimum absolute atomic E-state index is 0.100. The lowest BCUT2D eigenvalue weighted by molar-refractivity contribution is -0.135. The van der Waals surface area contributed by atoms with Crippen molar-refractivity contribution in [1.29, 1.82) is 0 Å². The SMILES string of the molecule is COc1cc(/C=C2/C(C)=C(CC(=O)O)c3cc(O)ccc32)cc(OC)c1OC. The van der Waals surface area contributed by atoms with Crippen LogP contribution in [0.15, 0.2) is 35.9 Å². The normalized spacial score (nSPS) is 14.2. The van der Waals surface area contributed by atoms with E-state index >= 15 is 0 Å². The molecular weight excluding hydrogens is 360 g/mol. The fourth-order valence-electron chi connectivity index (χ4n) is 3.50. The van der Waals surface area contributed by atoms with Crippen molar-refractivity contribution in [3.8, 4) is 23.0 Å². The highest BCUT2D eigenvalue weighted by Crippen LogP contribution is 2.46. The first-order valence-corrected chi connectivity index (χ1v) is 8.67. The highest BCUT2D eigenvalue weighted by Gasteiger charge is 2.26. The fraction of sp³-hybridized carbons (Fsp3) is 0.227. The Bertz CT molecular complexity index is 975. The molecule has 2 aromatic rings. The molecule has 2 N–H and O–H groups in total. The summed E-state index contributed by atoms with van der Waals surface area (Å²) >= 11 is 0. The average Bonchev–Trinajstić information content (AvgIpc) is 2.91. The number of methoxy groups -OCH3 is 3. The van der Waals surface area contributed by atoms with E-state index < -0.39 is 5.97 Å². The van der Waals surface area contributed by atoms with Gasteiger partial charge in [-0.05, 0) is 70.7 Å². The third-order valence-corrected chi connectivity index (χ3v) is 4.80. The first-order valence-electron chi connectivity index (χ1n) is 8.67. The number of phenols is 1. The van der Waals surface area contributed by atoms with Gasteiger partial charge in [0.25, 0.3) is 0 Å². The van der Waals surface area contributed by atoms with E-state index in [1.54, 1.807) is 39.5 Å². The van der Waals surface area contributed by atoms with Crippen molar-refractivity contribution in [2.45, 2.75) is 13.3 Å². The lowest BCUT2D eigenvalue weighted by Crippen LogP contribution is -1.96. The van der Waals surface area contributed by atoms with Gasteiger partial charge in [-0.25, -0.2) is 0 Å². The number of ether oxygens (including phenoxy) is 3. The van der Waals surface area contributed by atoms with Crippen LogP contribution in [0.4, 0.5) is 0 Å². The number of aromatic hydroxyl groups is 1. The maximum atomic E-state index is 11.3. The lowest BCUT2D eigenvalue weighted by atomic mass is 10.00. The van der Waals surface area contributed by atoms with Gasteiger partial charge in [0.2, 0.25) is 5.75 Å². The number of aliphatic carboxylic acids is 1. The Kier molecular flexibility index (Phi) is 5.31. The molecule has 0 radical (unpaired) electrons. The van der Waals surface area contributed by atoms with Crippen LogP contribution in [0.25, 0.3) is 17.2 Å². The van der Waals surface area contributed by atoms with Gasteiger partial charge in [-0.1, -0.05) is 6.07 Å². The van der Waals surface area contributed by atoms with Crippen molar-refractivity contribution in [1.82, 2.24) is 0 Å². The Hall–Kier alpha value is -3.41. The molecule has 0 aliphatic heterocycles. The standard InChI is InChI=1S/C22H22O6/c1-12-16(7-13-8-19(26-2)22(28-4)20(9-13)27-3)15-6-5-14(23)10-18(15)17(12)11-21(24)25/h5-10,23H,11H2,1-4H3,(H,24,25)/b16-7-. The van der Waals surface area contributed by atoms with Gasteiger partial charge in [0, 0.05) is 0 Å². The van der Waals surface area contributed by atoms with Crippen LogP contribution in [0.1, 0.15) is 30.0 Å². The molecule has 0 spiro atoms. The number of carbonyl (C=O) groups is 1. The zero-order chi connectivity index (χ0) is 20.4. The van der Waals surface area contributed by atoms with Gasteiger partial charge in [0.1, 0.15) is 5.75 Å². The summed E-state index contributed by atoms with van der Waals surface area (Å²) in [6, 6.07) is 8.66. The largest absolute Gasteiger partial charge is 0.508 e. The molecule has 6 heteroatoms. The molecule has 3 rings (SSSR count). The molecule has 6 nitrogen and oxygen atoms in total. The molecule has 0 fully saturated rings. The van der Waals surface area contributed by atoms with E-state index in [1.165, 1.54) is 0 Å². The van der Waals surface area contributed by atoms with Gasteiger partial charge < -0.3 is 24.4 Å². The van der Waals surface area contributed by atoms with Crippen LogP contribution >= 0.6 is 0 Å². The van der Waals surface area contributed by atoms with E-state index in [0.29, 0.717) is 22.8 Å². The van der Waals surface area contributed by atoms with Crippen molar-refractivity contribution in [2.75, 3.05) is 21.3 Å². The Balaban J connectivity index is 2.19. The monoisotopic (exact) mass is 382 g/mol. The number of carboxylic acid groups (broad SMARTS) is 1. The number of allylic oxidation sites excluding steroid dienone is 2. The topological polar surface area (TPSA) is 85.2 Å². The third-order valence-electron chi connectivity index (χ3n) is 4.80. The van der Waals surface area contributed by atoms with Crippen LogP contribution in [-0.2, 0) is 4.79 Å². The predicted octanol–water partition coefficient (Wildman–Crippen LogP) is 4.22. The number of rotatable bonds is 6. The molecule has 0 amide bonds. The smallest absolute Gasteiger partial charge is 0.307 e. The Morgan fingerprint density at radius 3 is 2.18 bits per heavy atom. The van der Waals surface area contributed by atoms with Crippen LogP contribution in [0.3, 0.4) is 0 Å². The van der Waals surface area contributed by atoms with Crippen molar-refractivity contribution < 1.29 is 29.2 Å². The second-order valence-corrected chi connectivity index (χ2v) is 6.42. The Labute approximate surface area is 163 Å². The van der Waals surface area contributed by atoms with Gasteiger partial charge in [-0.3, -0.25) is 4.79 Å². The van der Waals surface area contributed by atoms with Crippen molar-refractivity contribution in [3.05, 3.63) is 52.6 Å². The molecule has 0 aromatic heterocycles. The molecule has 28 heavy (non-hydrogen) atoms. The lowest BCUT2D eigenvalue weighted by Gasteiger charge is -2.13. The number of fused-ring (bicyclic) bond motifs is 1. The molecule has 0 bridgehead atoms. The quantitative estimate of drug-likeness (QED) is 0.778. The first-order chi connectivity index (χ1) is 13.4. The van der Waals surface area contributed by atoms with Crippen LogP contribution in [0.5, 0.6) is 23.0 Å². The van der Waals surface area contributed by atoms with E-state index in [4.69, 9.17) is 14.2 Å². The molecule has 0 heterocycles. The van der Waals surface area contributed by atoms with E-state index in [-0.39, 0.29) is 12.2 Å². The summed E-state index contributed by atoms with van der Waals surface area (Å²) in [5, 5.41) is 19.2. The Morgan fingerprint density at radius 2 is 1.64 bits per heavy atom. The summed E-state index contributed by atoms with van der Waals surface area (Å²) in [6.07, 6.45) is 1.83. The number of carboxylic acids is 1. The fourth-order valence-corrected chi connectivity index (χ4v) is 3.50. The number of phenolic OH excluding ortho intramolecular Hbond substituents is 1. The van der Waals surface area contributed by atoms with Crippen LogP contribution in [-0.4, -0.2) is 37.5 Å². The first kappa shape index (κ1) is 19.4. The van der Waals surface area contributed by atoms with Crippen molar-refractivity contribution >= 4 is 23.2 Å². The van der Waals surface area contributed by atoms with Crippen molar-refractivity contribution in [2.24, 2.45) is 0 Å². The van der Waals surface area contributed by atoms with E-state index in [0.717, 1.165) is 27.8 Å². The maximum absolute atomic E-state index is 11.3. The van der Waals surface area contributed by atoms with E-state index in [1.807, 2.05) is 25.1 Å². The van der Waals surface area contributed by atoms with Crippen LogP contribution < -0.4 is 14.2 Å². The minimum Gasteiger partial charge on any atom is -0.508 e. The third kappa shape index (κ3) is 3.41. The van der Waals surface area contributed by atoms with Gasteiger partial charge in [0.05, 0.1) is 27.8 Å². The zero-order valence-corrected chi connectivity index (χ0v) is 16.2. The zero-order valence-electron chi connectivity index (χ0n) is 16.2. The Morgan fingerprint density at radius 1 is 1.00 bits per heavy atom. The van der Waals surface area contributed by atoms with Gasteiger partial charge >= 0.3 is 5.97 Å². The molecule has 0 unspecified atom stereocenters. The summed E-state index contributed by atoms with van der Waals surface area (Å²) in [5.74, 6) is 0.749. The minimum atomic E-state index is -0.919.